The van der Waals surface area contributed by atoms with Gasteiger partial charge in [-0.15, -0.1) is 0 Å². The van der Waals surface area contributed by atoms with Gasteiger partial charge in [-0.25, -0.2) is 8.42 Å². The molecule has 0 bridgehead atoms. The summed E-state index contributed by atoms with van der Waals surface area (Å²) in [4.78, 5) is 15.4. The Labute approximate surface area is 132 Å². The molecule has 3 rings (SSSR count). The highest BCUT2D eigenvalue weighted by Gasteiger charge is 2.35. The zero-order valence-electron chi connectivity index (χ0n) is 11.8. The fraction of sp³-hybridized carbons (Fsp3) is 0.133. The first-order valence-corrected chi connectivity index (χ1v) is 8.29. The average molecular weight is 332 g/mol. The maximum Gasteiger partial charge on any atom is 0.269 e. The molecular formula is C15H12N2O5S. The van der Waals surface area contributed by atoms with E-state index in [9.17, 15) is 18.5 Å². The summed E-state index contributed by atoms with van der Waals surface area (Å²) in [5.41, 5.74) is -0.0809. The Kier molecular flexibility index (Phi) is 3.83. The fourth-order valence-corrected chi connectivity index (χ4v) is 3.60. The lowest BCUT2D eigenvalue weighted by Crippen LogP contribution is -2.21. The van der Waals surface area contributed by atoms with Gasteiger partial charge in [-0.1, -0.05) is 23.4 Å². The van der Waals surface area contributed by atoms with Crippen molar-refractivity contribution in [1.82, 2.24) is 0 Å². The van der Waals surface area contributed by atoms with Gasteiger partial charge in [0.05, 0.1) is 15.5 Å². The molecule has 0 unspecified atom stereocenters. The molecule has 0 spiro atoms. The Morgan fingerprint density at radius 3 is 2.35 bits per heavy atom. The lowest BCUT2D eigenvalue weighted by atomic mass is 10.1. The molecule has 0 saturated carbocycles. The van der Waals surface area contributed by atoms with Crippen molar-refractivity contribution in [3.63, 3.8) is 0 Å². The summed E-state index contributed by atoms with van der Waals surface area (Å²) >= 11 is 0. The zero-order chi connectivity index (χ0) is 16.4. The van der Waals surface area contributed by atoms with Gasteiger partial charge in [0.2, 0.25) is 15.3 Å². The van der Waals surface area contributed by atoms with Crippen LogP contribution in [0.5, 0.6) is 0 Å². The van der Waals surface area contributed by atoms with Crippen LogP contribution < -0.4 is 0 Å². The van der Waals surface area contributed by atoms with E-state index in [1.54, 1.807) is 18.2 Å². The maximum absolute atomic E-state index is 12.5. The van der Waals surface area contributed by atoms with Gasteiger partial charge in [-0.3, -0.25) is 10.1 Å². The quantitative estimate of drug-likeness (QED) is 0.633. The molecule has 1 aliphatic rings. The highest BCUT2D eigenvalue weighted by molar-refractivity contribution is 7.92. The number of non-ortho nitro benzene ring substituents is 1. The van der Waals surface area contributed by atoms with Crippen LogP contribution in [-0.4, -0.2) is 24.5 Å². The van der Waals surface area contributed by atoms with Gasteiger partial charge >= 0.3 is 0 Å². The molecule has 0 aliphatic carbocycles. The molecule has 1 heterocycles. The second-order valence-corrected chi connectivity index (χ2v) is 7.03. The van der Waals surface area contributed by atoms with Crippen molar-refractivity contribution in [2.24, 2.45) is 5.16 Å². The molecule has 23 heavy (non-hydrogen) atoms. The van der Waals surface area contributed by atoms with Gasteiger partial charge in [-0.2, -0.15) is 0 Å². The smallest absolute Gasteiger partial charge is 0.269 e. The SMILES string of the molecule is O=[N+]([O-])c1ccc(C2=NO[C@H](S(=O)(=O)c3ccccc3)C2)cc1. The fourth-order valence-electron chi connectivity index (χ4n) is 2.23. The van der Waals surface area contributed by atoms with E-state index in [0.717, 1.165) is 0 Å². The summed E-state index contributed by atoms with van der Waals surface area (Å²) in [7, 11) is -3.65. The normalized spacial score (nSPS) is 17.4. The van der Waals surface area contributed by atoms with Gasteiger partial charge in [0.25, 0.3) is 5.69 Å². The number of hydrogen-bond acceptors (Lipinski definition) is 6. The van der Waals surface area contributed by atoms with Crippen LogP contribution in [-0.2, 0) is 14.7 Å². The molecule has 1 aliphatic heterocycles. The summed E-state index contributed by atoms with van der Waals surface area (Å²) in [6.45, 7) is 0. The minimum atomic E-state index is -3.65. The lowest BCUT2D eigenvalue weighted by molar-refractivity contribution is -0.384. The van der Waals surface area contributed by atoms with Crippen molar-refractivity contribution in [1.29, 1.82) is 0 Å². The van der Waals surface area contributed by atoms with E-state index in [1.807, 2.05) is 0 Å². The van der Waals surface area contributed by atoms with E-state index in [1.165, 1.54) is 36.4 Å². The second kappa shape index (κ2) is 5.81. The van der Waals surface area contributed by atoms with Gasteiger partial charge in [0, 0.05) is 18.6 Å². The number of nitro benzene ring substituents is 1. The summed E-state index contributed by atoms with van der Waals surface area (Å²) < 4.78 is 24.9. The van der Waals surface area contributed by atoms with Crippen LogP contribution in [0.25, 0.3) is 0 Å². The molecular weight excluding hydrogens is 320 g/mol. The van der Waals surface area contributed by atoms with Crippen molar-refractivity contribution < 1.29 is 18.2 Å². The Morgan fingerprint density at radius 1 is 1.09 bits per heavy atom. The van der Waals surface area contributed by atoms with Crippen molar-refractivity contribution in [3.8, 4) is 0 Å². The second-order valence-electron chi connectivity index (χ2n) is 4.94. The number of oxime groups is 1. The van der Waals surface area contributed by atoms with Gasteiger partial charge in [0.1, 0.15) is 0 Å². The summed E-state index contributed by atoms with van der Waals surface area (Å²) in [6.07, 6.45) is 0.0923. The topological polar surface area (TPSA) is 98.9 Å². The van der Waals surface area contributed by atoms with Crippen molar-refractivity contribution in [2.45, 2.75) is 16.8 Å². The third-order valence-corrected chi connectivity index (χ3v) is 5.34. The molecule has 0 aromatic heterocycles. The highest BCUT2D eigenvalue weighted by atomic mass is 32.2. The van der Waals surface area contributed by atoms with Crippen LogP contribution in [0.4, 0.5) is 5.69 Å². The molecule has 0 amide bonds. The molecule has 0 radical (unpaired) electrons. The van der Waals surface area contributed by atoms with Crippen LogP contribution in [0.3, 0.4) is 0 Å². The summed E-state index contributed by atoms with van der Waals surface area (Å²) in [5.74, 6) is 0. The predicted molar refractivity (Wildman–Crippen MR) is 82.8 cm³/mol. The van der Waals surface area contributed by atoms with E-state index in [2.05, 4.69) is 5.16 Å². The lowest BCUT2D eigenvalue weighted by Gasteiger charge is -2.09. The average Bonchev–Trinajstić information content (AvgIpc) is 3.06. The number of hydrogen-bond donors (Lipinski definition) is 0. The van der Waals surface area contributed by atoms with E-state index < -0.39 is 20.2 Å². The third kappa shape index (κ3) is 2.93. The first kappa shape index (κ1) is 15.2. The molecule has 2 aromatic rings. The number of sulfone groups is 1. The van der Waals surface area contributed by atoms with Gasteiger partial charge < -0.3 is 4.84 Å². The standard InChI is InChI=1S/C15H12N2O5S/c18-17(19)12-8-6-11(7-9-12)14-10-15(22-16-14)23(20,21)13-4-2-1-3-5-13/h1-9,15H,10H2/t15-/m1/s1. The first-order chi connectivity index (χ1) is 11.0. The molecule has 8 heteroatoms. The van der Waals surface area contributed by atoms with Crippen LogP contribution in [0.15, 0.2) is 64.6 Å². The first-order valence-electron chi connectivity index (χ1n) is 6.75. The molecule has 7 nitrogen and oxygen atoms in total. The van der Waals surface area contributed by atoms with E-state index in [-0.39, 0.29) is 17.0 Å². The van der Waals surface area contributed by atoms with Crippen molar-refractivity contribution in [2.75, 3.05) is 0 Å². The number of nitro groups is 1. The molecule has 2 aromatic carbocycles. The van der Waals surface area contributed by atoms with Crippen LogP contribution in [0, 0.1) is 10.1 Å². The number of nitrogens with zero attached hydrogens (tertiary/aromatic N) is 2. The Bertz CT molecular complexity index is 861. The molecule has 1 atom stereocenters. The molecule has 0 saturated heterocycles. The van der Waals surface area contributed by atoms with E-state index in [0.29, 0.717) is 11.3 Å². The Hall–Kier alpha value is -2.74. The summed E-state index contributed by atoms with van der Waals surface area (Å²) in [6, 6.07) is 13.8. The highest BCUT2D eigenvalue weighted by Crippen LogP contribution is 2.26. The Balaban J connectivity index is 1.79. The molecule has 118 valence electrons. The van der Waals surface area contributed by atoms with Gasteiger partial charge in [0.15, 0.2) is 0 Å². The number of rotatable bonds is 4. The van der Waals surface area contributed by atoms with Crippen LogP contribution >= 0.6 is 0 Å². The zero-order valence-corrected chi connectivity index (χ0v) is 12.6. The Morgan fingerprint density at radius 2 is 1.74 bits per heavy atom. The van der Waals surface area contributed by atoms with Crippen LogP contribution in [0.1, 0.15) is 12.0 Å². The molecule has 0 N–H and O–H groups in total. The maximum atomic E-state index is 12.5. The van der Waals surface area contributed by atoms with Gasteiger partial charge in [-0.05, 0) is 29.8 Å². The van der Waals surface area contributed by atoms with Crippen LogP contribution in [0.2, 0.25) is 0 Å². The molecule has 0 fully saturated rings. The minimum Gasteiger partial charge on any atom is -0.375 e. The monoisotopic (exact) mass is 332 g/mol. The number of benzene rings is 2. The predicted octanol–water partition coefficient (Wildman–Crippen LogP) is 2.52. The van der Waals surface area contributed by atoms with E-state index in [4.69, 9.17) is 4.84 Å². The third-order valence-electron chi connectivity index (χ3n) is 3.47. The van der Waals surface area contributed by atoms with Crippen molar-refractivity contribution >= 4 is 21.2 Å². The van der Waals surface area contributed by atoms with E-state index >= 15 is 0 Å². The summed E-state index contributed by atoms with van der Waals surface area (Å²) in [5, 5.41) is 14.5. The van der Waals surface area contributed by atoms with Crippen molar-refractivity contribution in [3.05, 3.63) is 70.3 Å². The minimum absolute atomic E-state index is 0.0401. The largest absolute Gasteiger partial charge is 0.375 e.